The molecule has 0 aromatic heterocycles. The van der Waals surface area contributed by atoms with Gasteiger partial charge in [0, 0.05) is 19.5 Å². The first kappa shape index (κ1) is 12.0. The highest BCUT2D eigenvalue weighted by Crippen LogP contribution is 2.20. The van der Waals surface area contributed by atoms with Gasteiger partial charge >= 0.3 is 5.97 Å². The smallest absolute Gasteiger partial charge is 0.303 e. The van der Waals surface area contributed by atoms with Crippen LogP contribution in [0.2, 0.25) is 0 Å². The second kappa shape index (κ2) is 5.11. The molecule has 0 radical (unpaired) electrons. The predicted octanol–water partition coefficient (Wildman–Crippen LogP) is 0.0469. The number of aliphatic carboxylic acids is 1. The largest absolute Gasteiger partial charge is 0.481 e. The van der Waals surface area contributed by atoms with Crippen molar-refractivity contribution in [1.82, 2.24) is 4.90 Å². The minimum absolute atomic E-state index is 0.0506. The van der Waals surface area contributed by atoms with Gasteiger partial charge in [-0.05, 0) is 18.8 Å². The number of nitrogens with zero attached hydrogens (tertiary/aromatic N) is 1. The molecule has 15 heavy (non-hydrogen) atoms. The lowest BCUT2D eigenvalue weighted by atomic mass is 10.1. The molecule has 1 aliphatic rings. The number of nitrogens with two attached hydrogens (primary N) is 1. The molecule has 5 nitrogen and oxygen atoms in total. The molecule has 1 fully saturated rings. The maximum absolute atomic E-state index is 11.7. The van der Waals surface area contributed by atoms with Crippen LogP contribution in [0.15, 0.2) is 0 Å². The first-order chi connectivity index (χ1) is 7.04. The van der Waals surface area contributed by atoms with E-state index in [9.17, 15) is 9.59 Å². The molecule has 1 heterocycles. The van der Waals surface area contributed by atoms with E-state index in [-0.39, 0.29) is 18.2 Å². The van der Waals surface area contributed by atoms with Crippen LogP contribution < -0.4 is 5.73 Å². The molecule has 2 unspecified atom stereocenters. The molecular weight excluding hydrogens is 196 g/mol. The summed E-state index contributed by atoms with van der Waals surface area (Å²) in [5.74, 6) is -0.755. The highest BCUT2D eigenvalue weighted by atomic mass is 16.4. The third-order valence-corrected chi connectivity index (χ3v) is 2.82. The van der Waals surface area contributed by atoms with Gasteiger partial charge in [-0.1, -0.05) is 6.92 Å². The Bertz CT molecular complexity index is 255. The van der Waals surface area contributed by atoms with Crippen LogP contribution in [0.4, 0.5) is 0 Å². The Balaban J connectivity index is 2.42. The Hall–Kier alpha value is -1.10. The van der Waals surface area contributed by atoms with Gasteiger partial charge in [-0.2, -0.15) is 0 Å². The molecule has 2 atom stereocenters. The minimum atomic E-state index is -0.797. The van der Waals surface area contributed by atoms with Crippen molar-refractivity contribution >= 4 is 11.9 Å². The van der Waals surface area contributed by atoms with Crippen LogP contribution in [0.5, 0.6) is 0 Å². The van der Waals surface area contributed by atoms with E-state index >= 15 is 0 Å². The fraction of sp³-hybridized carbons (Fsp3) is 0.800. The number of likely N-dealkylation sites (tertiary alicyclic amines) is 1. The van der Waals surface area contributed by atoms with Crippen molar-refractivity contribution in [3.63, 3.8) is 0 Å². The number of amides is 1. The van der Waals surface area contributed by atoms with E-state index in [0.717, 1.165) is 6.42 Å². The van der Waals surface area contributed by atoms with Crippen LogP contribution in [0, 0.1) is 5.92 Å². The first-order valence-electron chi connectivity index (χ1n) is 5.30. The van der Waals surface area contributed by atoms with Gasteiger partial charge in [0.2, 0.25) is 5.91 Å². The van der Waals surface area contributed by atoms with E-state index in [1.54, 1.807) is 4.90 Å². The molecular formula is C10H18N2O3. The lowest BCUT2D eigenvalue weighted by molar-refractivity contribution is -0.138. The summed E-state index contributed by atoms with van der Waals surface area (Å²) in [7, 11) is 0. The summed E-state index contributed by atoms with van der Waals surface area (Å²) < 4.78 is 0. The van der Waals surface area contributed by atoms with Crippen molar-refractivity contribution in [2.75, 3.05) is 13.1 Å². The monoisotopic (exact) mass is 214 g/mol. The summed E-state index contributed by atoms with van der Waals surface area (Å²) >= 11 is 0. The summed E-state index contributed by atoms with van der Waals surface area (Å²) in [6.45, 7) is 3.05. The zero-order valence-corrected chi connectivity index (χ0v) is 8.98. The number of carbonyl (C=O) groups is 2. The summed E-state index contributed by atoms with van der Waals surface area (Å²) in [5.41, 5.74) is 5.64. The van der Waals surface area contributed by atoms with Crippen LogP contribution in [-0.4, -0.2) is 41.0 Å². The standard InChI is InChI=1S/C10H18N2O3/c1-2-8(11)10(15)12-4-3-7(6-12)5-9(13)14/h7-8H,2-6,11H2,1H3,(H,13,14). The Morgan fingerprint density at radius 1 is 1.60 bits per heavy atom. The van der Waals surface area contributed by atoms with Crippen molar-refractivity contribution < 1.29 is 14.7 Å². The number of hydrogen-bond donors (Lipinski definition) is 2. The topological polar surface area (TPSA) is 83.6 Å². The maximum atomic E-state index is 11.7. The van der Waals surface area contributed by atoms with Crippen LogP contribution >= 0.6 is 0 Å². The van der Waals surface area contributed by atoms with Crippen molar-refractivity contribution in [2.24, 2.45) is 11.7 Å². The average molecular weight is 214 g/mol. The maximum Gasteiger partial charge on any atom is 0.303 e. The van der Waals surface area contributed by atoms with E-state index in [4.69, 9.17) is 10.8 Å². The normalized spacial score (nSPS) is 22.8. The SMILES string of the molecule is CCC(N)C(=O)N1CCC(CC(=O)O)C1. The van der Waals surface area contributed by atoms with Crippen LogP contribution in [0.1, 0.15) is 26.2 Å². The van der Waals surface area contributed by atoms with Gasteiger partial charge in [-0.15, -0.1) is 0 Å². The number of rotatable bonds is 4. The minimum Gasteiger partial charge on any atom is -0.481 e. The van der Waals surface area contributed by atoms with Gasteiger partial charge in [0.15, 0.2) is 0 Å². The number of carbonyl (C=O) groups excluding carboxylic acids is 1. The summed E-state index contributed by atoms with van der Waals surface area (Å²) in [6, 6.07) is -0.437. The molecule has 5 heteroatoms. The first-order valence-corrected chi connectivity index (χ1v) is 5.30. The Labute approximate surface area is 89.2 Å². The van der Waals surface area contributed by atoms with E-state index in [0.29, 0.717) is 19.5 Å². The second-order valence-electron chi connectivity index (χ2n) is 4.05. The Morgan fingerprint density at radius 2 is 2.27 bits per heavy atom. The quantitative estimate of drug-likeness (QED) is 0.692. The number of carboxylic acid groups (broad SMARTS) is 1. The summed E-state index contributed by atoms with van der Waals surface area (Å²) in [6.07, 6.45) is 1.54. The number of hydrogen-bond acceptors (Lipinski definition) is 3. The predicted molar refractivity (Wildman–Crippen MR) is 55.2 cm³/mol. The molecule has 0 aromatic carbocycles. The lowest BCUT2D eigenvalue weighted by Crippen LogP contribution is -2.42. The number of carboxylic acids is 1. The van der Waals surface area contributed by atoms with Crippen LogP contribution in [0.25, 0.3) is 0 Å². The zero-order valence-electron chi connectivity index (χ0n) is 8.98. The fourth-order valence-electron chi connectivity index (χ4n) is 1.86. The molecule has 0 spiro atoms. The Kier molecular flexibility index (Phi) is 4.08. The van der Waals surface area contributed by atoms with Crippen LogP contribution in [0.3, 0.4) is 0 Å². The summed E-state index contributed by atoms with van der Waals surface area (Å²) in [4.78, 5) is 23.8. The average Bonchev–Trinajstić information content (AvgIpc) is 2.63. The highest BCUT2D eigenvalue weighted by Gasteiger charge is 2.29. The molecule has 1 amide bonds. The van der Waals surface area contributed by atoms with E-state index in [2.05, 4.69) is 0 Å². The molecule has 1 aliphatic heterocycles. The molecule has 0 aromatic rings. The van der Waals surface area contributed by atoms with Crippen molar-refractivity contribution in [3.8, 4) is 0 Å². The van der Waals surface area contributed by atoms with Crippen molar-refractivity contribution in [3.05, 3.63) is 0 Å². The van der Waals surface area contributed by atoms with Crippen molar-refractivity contribution in [1.29, 1.82) is 0 Å². The Morgan fingerprint density at radius 3 is 2.80 bits per heavy atom. The fourth-order valence-corrected chi connectivity index (χ4v) is 1.86. The third kappa shape index (κ3) is 3.20. The molecule has 86 valence electrons. The van der Waals surface area contributed by atoms with Gasteiger partial charge in [0.1, 0.15) is 0 Å². The van der Waals surface area contributed by atoms with Gasteiger partial charge in [0.25, 0.3) is 0 Å². The van der Waals surface area contributed by atoms with E-state index in [1.807, 2.05) is 6.92 Å². The molecule has 0 bridgehead atoms. The van der Waals surface area contributed by atoms with E-state index in [1.165, 1.54) is 0 Å². The zero-order chi connectivity index (χ0) is 11.4. The van der Waals surface area contributed by atoms with Gasteiger partial charge in [0.05, 0.1) is 6.04 Å². The lowest BCUT2D eigenvalue weighted by Gasteiger charge is -2.19. The molecule has 0 aliphatic carbocycles. The summed E-state index contributed by atoms with van der Waals surface area (Å²) in [5, 5.41) is 8.63. The highest BCUT2D eigenvalue weighted by molar-refractivity contribution is 5.81. The molecule has 1 rings (SSSR count). The molecule has 1 saturated heterocycles. The van der Waals surface area contributed by atoms with Gasteiger partial charge in [-0.25, -0.2) is 0 Å². The second-order valence-corrected chi connectivity index (χ2v) is 4.05. The van der Waals surface area contributed by atoms with Gasteiger partial charge in [-0.3, -0.25) is 9.59 Å². The van der Waals surface area contributed by atoms with Crippen LogP contribution in [-0.2, 0) is 9.59 Å². The van der Waals surface area contributed by atoms with Gasteiger partial charge < -0.3 is 15.7 Å². The molecule has 3 N–H and O–H groups in total. The van der Waals surface area contributed by atoms with Crippen molar-refractivity contribution in [2.45, 2.75) is 32.2 Å². The molecule has 0 saturated carbocycles. The third-order valence-electron chi connectivity index (χ3n) is 2.82. The van der Waals surface area contributed by atoms with E-state index < -0.39 is 12.0 Å².